The van der Waals surface area contributed by atoms with Crippen LogP contribution < -0.4 is 5.32 Å². The van der Waals surface area contributed by atoms with Crippen molar-refractivity contribution < 1.29 is 9.90 Å². The first-order chi connectivity index (χ1) is 9.35. The summed E-state index contributed by atoms with van der Waals surface area (Å²) in [5, 5.41) is 13.0. The summed E-state index contributed by atoms with van der Waals surface area (Å²) in [6.45, 7) is 9.82. The fourth-order valence-corrected chi connectivity index (χ4v) is 4.12. The lowest BCUT2D eigenvalue weighted by molar-refractivity contribution is -0.145. The molecule has 2 aliphatic rings. The summed E-state index contributed by atoms with van der Waals surface area (Å²) in [4.78, 5) is 14.3. The number of nitrogens with zero attached hydrogens (tertiary/aromatic N) is 1. The third kappa shape index (κ3) is 3.01. The minimum atomic E-state index is -0.709. The van der Waals surface area contributed by atoms with Gasteiger partial charge in [0.2, 0.25) is 0 Å². The van der Waals surface area contributed by atoms with E-state index in [1.54, 1.807) is 0 Å². The predicted molar refractivity (Wildman–Crippen MR) is 80.8 cm³/mol. The van der Waals surface area contributed by atoms with Crippen LogP contribution in [0.3, 0.4) is 0 Å². The molecule has 0 aromatic heterocycles. The van der Waals surface area contributed by atoms with Gasteiger partial charge in [0.1, 0.15) is 5.54 Å². The summed E-state index contributed by atoms with van der Waals surface area (Å²) < 4.78 is 0. The van der Waals surface area contributed by atoms with Crippen LogP contribution in [0.2, 0.25) is 0 Å². The molecule has 1 saturated carbocycles. The van der Waals surface area contributed by atoms with Gasteiger partial charge in [0, 0.05) is 18.1 Å². The highest BCUT2D eigenvalue weighted by atomic mass is 16.4. The van der Waals surface area contributed by atoms with E-state index in [9.17, 15) is 9.90 Å². The van der Waals surface area contributed by atoms with Crippen LogP contribution in [0, 0.1) is 5.92 Å². The molecule has 0 bridgehead atoms. The molecule has 4 unspecified atom stereocenters. The van der Waals surface area contributed by atoms with E-state index in [1.807, 2.05) is 13.8 Å². The fraction of sp³-hybridized carbons (Fsp3) is 0.938. The average Bonchev–Trinajstić information content (AvgIpc) is 2.77. The first-order valence-electron chi connectivity index (χ1n) is 8.12. The van der Waals surface area contributed by atoms with E-state index in [0.717, 1.165) is 31.7 Å². The molecule has 0 spiro atoms. The van der Waals surface area contributed by atoms with E-state index in [2.05, 4.69) is 24.1 Å². The summed E-state index contributed by atoms with van der Waals surface area (Å²) in [6, 6.07) is 1.22. The van der Waals surface area contributed by atoms with Crippen molar-refractivity contribution >= 4 is 5.97 Å². The lowest BCUT2D eigenvalue weighted by Gasteiger charge is -2.42. The number of hydrogen-bond donors (Lipinski definition) is 2. The average molecular weight is 282 g/mol. The van der Waals surface area contributed by atoms with Crippen LogP contribution in [0.15, 0.2) is 0 Å². The van der Waals surface area contributed by atoms with Crippen molar-refractivity contribution in [3.05, 3.63) is 0 Å². The van der Waals surface area contributed by atoms with Crippen molar-refractivity contribution in [3.8, 4) is 0 Å². The zero-order valence-corrected chi connectivity index (χ0v) is 13.4. The minimum Gasteiger partial charge on any atom is -0.480 e. The maximum absolute atomic E-state index is 11.8. The highest BCUT2D eigenvalue weighted by molar-refractivity contribution is 5.79. The van der Waals surface area contributed by atoms with Gasteiger partial charge in [-0.05, 0) is 65.3 Å². The number of nitrogens with one attached hydrogen (secondary N) is 1. The molecule has 0 aromatic rings. The Morgan fingerprint density at radius 1 is 1.35 bits per heavy atom. The molecule has 1 saturated heterocycles. The van der Waals surface area contributed by atoms with E-state index in [-0.39, 0.29) is 6.04 Å². The number of aliphatic carboxylic acids is 1. The highest BCUT2D eigenvalue weighted by Gasteiger charge is 2.48. The Morgan fingerprint density at radius 2 is 2.05 bits per heavy atom. The quantitative estimate of drug-likeness (QED) is 0.832. The molecule has 2 rings (SSSR count). The van der Waals surface area contributed by atoms with Crippen LogP contribution >= 0.6 is 0 Å². The van der Waals surface area contributed by atoms with Crippen LogP contribution in [-0.2, 0) is 4.79 Å². The summed E-state index contributed by atoms with van der Waals surface area (Å²) in [7, 11) is 0. The Balaban J connectivity index is 2.08. The zero-order valence-electron chi connectivity index (χ0n) is 13.4. The predicted octanol–water partition coefficient (Wildman–Crippen LogP) is 2.48. The second kappa shape index (κ2) is 6.02. The van der Waals surface area contributed by atoms with Gasteiger partial charge in [-0.3, -0.25) is 15.0 Å². The molecule has 0 radical (unpaired) electrons. The van der Waals surface area contributed by atoms with Gasteiger partial charge in [0.15, 0.2) is 0 Å². The molecule has 2 N–H and O–H groups in total. The number of carboxylic acids is 1. The second-order valence-corrected chi connectivity index (χ2v) is 7.18. The lowest BCUT2D eigenvalue weighted by atomic mass is 9.89. The molecule has 116 valence electrons. The first kappa shape index (κ1) is 15.8. The van der Waals surface area contributed by atoms with E-state index in [0.29, 0.717) is 12.1 Å². The SMILES string of the molecule is CC(C)NC1(C(=O)O)CCC(N2CCCC(C)C2C)C1. The Labute approximate surface area is 122 Å². The van der Waals surface area contributed by atoms with Crippen LogP contribution in [0.4, 0.5) is 0 Å². The summed E-state index contributed by atoms with van der Waals surface area (Å²) >= 11 is 0. The van der Waals surface area contributed by atoms with Gasteiger partial charge < -0.3 is 5.11 Å². The maximum Gasteiger partial charge on any atom is 0.323 e. The molecule has 1 heterocycles. The Bertz CT molecular complexity index is 358. The van der Waals surface area contributed by atoms with Gasteiger partial charge in [-0.15, -0.1) is 0 Å². The van der Waals surface area contributed by atoms with Crippen molar-refractivity contribution in [1.29, 1.82) is 0 Å². The molecular formula is C16H30N2O2. The molecule has 4 nitrogen and oxygen atoms in total. The lowest BCUT2D eigenvalue weighted by Crippen LogP contribution is -2.55. The Morgan fingerprint density at radius 3 is 2.65 bits per heavy atom. The molecule has 20 heavy (non-hydrogen) atoms. The van der Waals surface area contributed by atoms with Crippen LogP contribution in [0.1, 0.15) is 59.8 Å². The monoisotopic (exact) mass is 282 g/mol. The fourth-order valence-electron chi connectivity index (χ4n) is 4.12. The Kier molecular flexibility index (Phi) is 4.75. The largest absolute Gasteiger partial charge is 0.480 e. The normalized spacial score (nSPS) is 39.4. The summed E-state index contributed by atoms with van der Waals surface area (Å²) in [6.07, 6.45) is 5.06. The molecule has 1 aliphatic carbocycles. The second-order valence-electron chi connectivity index (χ2n) is 7.18. The number of carbonyl (C=O) groups is 1. The zero-order chi connectivity index (χ0) is 14.9. The number of rotatable bonds is 4. The van der Waals surface area contributed by atoms with E-state index < -0.39 is 11.5 Å². The molecule has 0 aromatic carbocycles. The van der Waals surface area contributed by atoms with Gasteiger partial charge in [-0.1, -0.05) is 6.92 Å². The van der Waals surface area contributed by atoms with Gasteiger partial charge in [0.25, 0.3) is 0 Å². The molecule has 1 aliphatic heterocycles. The molecule has 4 heteroatoms. The molecule has 0 amide bonds. The van der Waals surface area contributed by atoms with Gasteiger partial charge in [-0.25, -0.2) is 0 Å². The van der Waals surface area contributed by atoms with Crippen molar-refractivity contribution in [3.63, 3.8) is 0 Å². The van der Waals surface area contributed by atoms with E-state index >= 15 is 0 Å². The van der Waals surface area contributed by atoms with Crippen molar-refractivity contribution in [2.24, 2.45) is 5.92 Å². The Hall–Kier alpha value is -0.610. The topological polar surface area (TPSA) is 52.6 Å². The van der Waals surface area contributed by atoms with Gasteiger partial charge in [0.05, 0.1) is 0 Å². The minimum absolute atomic E-state index is 0.211. The van der Waals surface area contributed by atoms with Gasteiger partial charge in [-0.2, -0.15) is 0 Å². The van der Waals surface area contributed by atoms with Crippen LogP contribution in [0.25, 0.3) is 0 Å². The number of hydrogen-bond acceptors (Lipinski definition) is 3. The van der Waals surface area contributed by atoms with Crippen LogP contribution in [-0.4, -0.2) is 46.2 Å². The first-order valence-corrected chi connectivity index (χ1v) is 8.12. The highest BCUT2D eigenvalue weighted by Crippen LogP contribution is 2.37. The summed E-state index contributed by atoms with van der Waals surface area (Å²) in [5.41, 5.74) is -0.709. The number of piperidine rings is 1. The molecule has 4 atom stereocenters. The molecule has 2 fully saturated rings. The van der Waals surface area contributed by atoms with Crippen LogP contribution in [0.5, 0.6) is 0 Å². The third-order valence-corrected chi connectivity index (χ3v) is 5.35. The van der Waals surface area contributed by atoms with E-state index in [4.69, 9.17) is 0 Å². The maximum atomic E-state index is 11.8. The van der Waals surface area contributed by atoms with Gasteiger partial charge >= 0.3 is 5.97 Å². The number of carboxylic acid groups (broad SMARTS) is 1. The van der Waals surface area contributed by atoms with Crippen molar-refractivity contribution in [2.75, 3.05) is 6.54 Å². The molecular weight excluding hydrogens is 252 g/mol. The number of likely N-dealkylation sites (tertiary alicyclic amines) is 1. The van der Waals surface area contributed by atoms with E-state index in [1.165, 1.54) is 12.8 Å². The van der Waals surface area contributed by atoms with Crippen molar-refractivity contribution in [1.82, 2.24) is 10.2 Å². The third-order valence-electron chi connectivity index (χ3n) is 5.35. The standard InChI is InChI=1S/C16H30N2O2/c1-11(2)17-16(15(19)20)8-7-14(10-16)18-9-5-6-12(3)13(18)4/h11-14,17H,5-10H2,1-4H3,(H,19,20). The summed E-state index contributed by atoms with van der Waals surface area (Å²) in [5.74, 6) is 0.0491. The smallest absolute Gasteiger partial charge is 0.323 e. The van der Waals surface area contributed by atoms with Crippen molar-refractivity contribution in [2.45, 2.75) is 83.5 Å².